The van der Waals surface area contributed by atoms with E-state index in [1.54, 1.807) is 0 Å². The van der Waals surface area contributed by atoms with E-state index in [4.69, 9.17) is 4.74 Å². The molecule has 2 aliphatic rings. The number of rotatable bonds is 6. The molecule has 2 aliphatic heterocycles. The van der Waals surface area contributed by atoms with E-state index in [0.717, 1.165) is 38.2 Å². The first kappa shape index (κ1) is 13.3. The second kappa shape index (κ2) is 6.72. The molecule has 1 N–H and O–H groups in total. The molecule has 3 heteroatoms. The van der Waals surface area contributed by atoms with Crippen LogP contribution in [0.4, 0.5) is 0 Å². The van der Waals surface area contributed by atoms with Gasteiger partial charge in [0.15, 0.2) is 0 Å². The zero-order chi connectivity index (χ0) is 12.1. The summed E-state index contributed by atoms with van der Waals surface area (Å²) in [4.78, 5) is 2.62. The summed E-state index contributed by atoms with van der Waals surface area (Å²) in [7, 11) is 0. The van der Waals surface area contributed by atoms with Crippen molar-refractivity contribution in [3.63, 3.8) is 0 Å². The molecule has 0 spiro atoms. The number of hydrogen-bond acceptors (Lipinski definition) is 3. The van der Waals surface area contributed by atoms with E-state index in [1.165, 1.54) is 32.2 Å². The number of morpholine rings is 1. The Kier molecular flexibility index (Phi) is 5.26. The van der Waals surface area contributed by atoms with Gasteiger partial charge in [0.1, 0.15) is 0 Å². The minimum atomic E-state index is 0.420. The molecule has 17 heavy (non-hydrogen) atoms. The largest absolute Gasteiger partial charge is 0.374 e. The van der Waals surface area contributed by atoms with Gasteiger partial charge in [0.2, 0.25) is 0 Å². The van der Waals surface area contributed by atoms with E-state index < -0.39 is 0 Å². The second-order valence-corrected chi connectivity index (χ2v) is 5.99. The van der Waals surface area contributed by atoms with Crippen LogP contribution < -0.4 is 5.32 Å². The molecule has 2 saturated heterocycles. The van der Waals surface area contributed by atoms with Gasteiger partial charge in [-0.3, -0.25) is 4.90 Å². The van der Waals surface area contributed by atoms with Crippen molar-refractivity contribution < 1.29 is 4.74 Å². The molecule has 0 saturated carbocycles. The summed E-state index contributed by atoms with van der Waals surface area (Å²) >= 11 is 0. The van der Waals surface area contributed by atoms with Gasteiger partial charge < -0.3 is 10.1 Å². The summed E-state index contributed by atoms with van der Waals surface area (Å²) in [5.74, 6) is 0.827. The Balaban J connectivity index is 1.54. The number of ether oxygens (including phenoxy) is 1. The summed E-state index contributed by atoms with van der Waals surface area (Å²) in [5, 5.41) is 3.54. The van der Waals surface area contributed by atoms with Crippen LogP contribution in [-0.2, 0) is 4.74 Å². The molecule has 0 aromatic carbocycles. The van der Waals surface area contributed by atoms with Gasteiger partial charge in [-0.15, -0.1) is 0 Å². The summed E-state index contributed by atoms with van der Waals surface area (Å²) in [6.07, 6.45) is 5.74. The lowest BCUT2D eigenvalue weighted by atomic mass is 10.1. The van der Waals surface area contributed by atoms with Crippen LogP contribution in [0.2, 0.25) is 0 Å². The minimum Gasteiger partial charge on any atom is -0.374 e. The molecule has 2 atom stereocenters. The smallest absolute Gasteiger partial charge is 0.0826 e. The van der Waals surface area contributed by atoms with E-state index in [9.17, 15) is 0 Å². The van der Waals surface area contributed by atoms with Crippen molar-refractivity contribution in [2.75, 3.05) is 32.8 Å². The van der Waals surface area contributed by atoms with E-state index in [2.05, 4.69) is 24.1 Å². The van der Waals surface area contributed by atoms with Gasteiger partial charge in [0, 0.05) is 19.1 Å². The minimum absolute atomic E-state index is 0.420. The molecule has 0 aromatic rings. The topological polar surface area (TPSA) is 24.5 Å². The zero-order valence-electron chi connectivity index (χ0n) is 11.5. The molecule has 0 bridgehead atoms. The van der Waals surface area contributed by atoms with Crippen LogP contribution in [0.25, 0.3) is 0 Å². The van der Waals surface area contributed by atoms with Crippen LogP contribution in [0.15, 0.2) is 0 Å². The summed E-state index contributed by atoms with van der Waals surface area (Å²) in [6.45, 7) is 10.1. The Morgan fingerprint density at radius 1 is 1.41 bits per heavy atom. The summed E-state index contributed by atoms with van der Waals surface area (Å²) in [5.41, 5.74) is 0. The van der Waals surface area contributed by atoms with Crippen LogP contribution >= 0.6 is 0 Å². The summed E-state index contributed by atoms with van der Waals surface area (Å²) < 4.78 is 5.92. The van der Waals surface area contributed by atoms with Crippen molar-refractivity contribution in [2.45, 2.75) is 51.7 Å². The van der Waals surface area contributed by atoms with Crippen molar-refractivity contribution in [3.8, 4) is 0 Å². The molecule has 100 valence electrons. The van der Waals surface area contributed by atoms with Crippen molar-refractivity contribution in [2.24, 2.45) is 5.92 Å². The third-order valence-corrected chi connectivity index (χ3v) is 3.97. The third-order valence-electron chi connectivity index (χ3n) is 3.97. The predicted molar refractivity (Wildman–Crippen MR) is 71.3 cm³/mol. The molecule has 2 rings (SSSR count). The fourth-order valence-corrected chi connectivity index (χ4v) is 2.91. The summed E-state index contributed by atoms with van der Waals surface area (Å²) in [6, 6.07) is 0.729. The van der Waals surface area contributed by atoms with Gasteiger partial charge in [-0.25, -0.2) is 0 Å². The molecule has 3 nitrogen and oxygen atoms in total. The van der Waals surface area contributed by atoms with Crippen LogP contribution in [0.5, 0.6) is 0 Å². The van der Waals surface area contributed by atoms with E-state index >= 15 is 0 Å². The van der Waals surface area contributed by atoms with Gasteiger partial charge in [0.05, 0.1) is 12.7 Å². The van der Waals surface area contributed by atoms with Crippen LogP contribution in [0, 0.1) is 5.92 Å². The quantitative estimate of drug-likeness (QED) is 0.717. The molecule has 0 amide bonds. The van der Waals surface area contributed by atoms with E-state index in [-0.39, 0.29) is 0 Å². The first-order valence-corrected chi connectivity index (χ1v) is 7.32. The SMILES string of the molecule is CC(C)CCCNCC1CN2CCCC2CO1. The Labute approximate surface area is 106 Å². The lowest BCUT2D eigenvalue weighted by molar-refractivity contribution is -0.0468. The van der Waals surface area contributed by atoms with Crippen LogP contribution in [0.3, 0.4) is 0 Å². The van der Waals surface area contributed by atoms with Crippen molar-refractivity contribution in [1.29, 1.82) is 0 Å². The lowest BCUT2D eigenvalue weighted by Gasteiger charge is -2.35. The highest BCUT2D eigenvalue weighted by atomic mass is 16.5. The second-order valence-electron chi connectivity index (χ2n) is 5.99. The van der Waals surface area contributed by atoms with E-state index in [0.29, 0.717) is 6.10 Å². The molecule has 0 radical (unpaired) electrons. The maximum atomic E-state index is 5.92. The number of fused-ring (bicyclic) bond motifs is 1. The van der Waals surface area contributed by atoms with Gasteiger partial charge in [-0.1, -0.05) is 13.8 Å². The molecule has 2 fully saturated rings. The van der Waals surface area contributed by atoms with Gasteiger partial charge in [-0.2, -0.15) is 0 Å². The molecule has 2 unspecified atom stereocenters. The normalized spacial score (nSPS) is 29.8. The van der Waals surface area contributed by atoms with Crippen LogP contribution in [0.1, 0.15) is 39.5 Å². The van der Waals surface area contributed by atoms with Crippen molar-refractivity contribution in [3.05, 3.63) is 0 Å². The fourth-order valence-electron chi connectivity index (χ4n) is 2.91. The highest BCUT2D eigenvalue weighted by Gasteiger charge is 2.31. The van der Waals surface area contributed by atoms with Gasteiger partial charge >= 0.3 is 0 Å². The maximum Gasteiger partial charge on any atom is 0.0826 e. The monoisotopic (exact) mass is 240 g/mol. The molecule has 0 aliphatic carbocycles. The molecule has 0 aromatic heterocycles. The number of hydrogen-bond donors (Lipinski definition) is 1. The van der Waals surface area contributed by atoms with Crippen molar-refractivity contribution in [1.82, 2.24) is 10.2 Å². The Morgan fingerprint density at radius 2 is 2.29 bits per heavy atom. The van der Waals surface area contributed by atoms with Gasteiger partial charge in [-0.05, 0) is 44.7 Å². The van der Waals surface area contributed by atoms with Crippen LogP contribution in [-0.4, -0.2) is 49.8 Å². The predicted octanol–water partition coefficient (Wildman–Crippen LogP) is 1.88. The maximum absolute atomic E-state index is 5.92. The Hall–Kier alpha value is -0.120. The molecular weight excluding hydrogens is 212 g/mol. The average Bonchev–Trinajstić information content (AvgIpc) is 2.75. The first-order valence-electron chi connectivity index (χ1n) is 7.32. The molecular formula is C14H28N2O. The zero-order valence-corrected chi connectivity index (χ0v) is 11.5. The molecule has 2 heterocycles. The standard InChI is InChI=1S/C14H28N2O/c1-12(2)5-3-7-15-9-14-10-16-8-4-6-13(16)11-17-14/h12-15H,3-11H2,1-2H3. The Morgan fingerprint density at radius 3 is 3.12 bits per heavy atom. The lowest BCUT2D eigenvalue weighted by Crippen LogP contribution is -2.49. The van der Waals surface area contributed by atoms with Crippen molar-refractivity contribution >= 4 is 0 Å². The highest BCUT2D eigenvalue weighted by molar-refractivity contribution is 4.85. The first-order chi connectivity index (χ1) is 8.25. The van der Waals surface area contributed by atoms with Gasteiger partial charge in [0.25, 0.3) is 0 Å². The Bertz CT molecular complexity index is 220. The highest BCUT2D eigenvalue weighted by Crippen LogP contribution is 2.22. The number of nitrogens with one attached hydrogen (secondary N) is 1. The third kappa shape index (κ3) is 4.23. The average molecular weight is 240 g/mol. The number of nitrogens with zero attached hydrogens (tertiary/aromatic N) is 1. The fraction of sp³-hybridized carbons (Fsp3) is 1.00. The van der Waals surface area contributed by atoms with E-state index in [1.807, 2.05) is 0 Å².